The number of hydrogen-bond donors (Lipinski definition) is 7. The molecule has 0 aliphatic carbocycles. The van der Waals surface area contributed by atoms with Gasteiger partial charge in [0.1, 0.15) is 25.2 Å². The number of anilines is 1. The molecule has 0 aliphatic heterocycles. The number of rotatable bonds is 18. The summed E-state index contributed by atoms with van der Waals surface area (Å²) in [7, 11) is 0. The monoisotopic (exact) mass is 619 g/mol. The first-order valence-corrected chi connectivity index (χ1v) is 13.8. The van der Waals surface area contributed by atoms with Crippen molar-refractivity contribution in [2.75, 3.05) is 25.0 Å². The molecule has 0 aromatic heterocycles. The number of urea groups is 1. The van der Waals surface area contributed by atoms with Crippen LogP contribution in [0.25, 0.3) is 10.4 Å². The van der Waals surface area contributed by atoms with Gasteiger partial charge >= 0.3 is 18.1 Å². The van der Waals surface area contributed by atoms with Crippen LogP contribution in [0.5, 0.6) is 0 Å². The molecule has 17 nitrogen and oxygen atoms in total. The highest BCUT2D eigenvalue weighted by atomic mass is 16.5. The van der Waals surface area contributed by atoms with Gasteiger partial charge in [-0.05, 0) is 47.4 Å². The summed E-state index contributed by atoms with van der Waals surface area (Å²) in [4.78, 5) is 74.7. The molecule has 0 fully saturated rings. The third-order valence-corrected chi connectivity index (χ3v) is 6.08. The van der Waals surface area contributed by atoms with E-state index in [1.165, 1.54) is 0 Å². The number of nitrogens with zero attached hydrogens (tertiary/aromatic N) is 3. The number of alkyl carbamates (subject to hydrolysis) is 1. The molecular formula is C27H41N9O8. The van der Waals surface area contributed by atoms with E-state index in [1.807, 2.05) is 0 Å². The van der Waals surface area contributed by atoms with Gasteiger partial charge in [0.25, 0.3) is 0 Å². The van der Waals surface area contributed by atoms with E-state index in [0.29, 0.717) is 17.7 Å². The van der Waals surface area contributed by atoms with Crippen molar-refractivity contribution in [3.8, 4) is 0 Å². The number of azide groups is 1. The van der Waals surface area contributed by atoms with Crippen LogP contribution in [0.15, 0.2) is 29.4 Å². The minimum atomic E-state index is -1.05. The summed E-state index contributed by atoms with van der Waals surface area (Å²) < 4.78 is 5.17. The summed E-state index contributed by atoms with van der Waals surface area (Å²) in [6.45, 7) is 6.50. The molecule has 0 unspecified atom stereocenters. The molecule has 6 amide bonds. The number of ether oxygens (including phenoxy) is 1. The van der Waals surface area contributed by atoms with Crippen LogP contribution in [-0.4, -0.2) is 72.6 Å². The van der Waals surface area contributed by atoms with E-state index in [4.69, 9.17) is 21.1 Å². The molecule has 44 heavy (non-hydrogen) atoms. The predicted molar refractivity (Wildman–Crippen MR) is 159 cm³/mol. The van der Waals surface area contributed by atoms with Gasteiger partial charge in [0, 0.05) is 23.7 Å². The molecule has 0 saturated heterocycles. The van der Waals surface area contributed by atoms with Crippen LogP contribution in [0, 0.1) is 11.3 Å². The fourth-order valence-electron chi connectivity index (χ4n) is 3.79. The van der Waals surface area contributed by atoms with E-state index in [2.05, 4.69) is 36.6 Å². The number of carboxylic acids is 1. The number of carboxylic acid groups (broad SMARTS) is 1. The van der Waals surface area contributed by atoms with E-state index >= 15 is 0 Å². The van der Waals surface area contributed by atoms with E-state index in [0.717, 1.165) is 0 Å². The number of nitrogens with one attached hydrogen (secondary N) is 5. The van der Waals surface area contributed by atoms with E-state index in [-0.39, 0.29) is 38.5 Å². The maximum atomic E-state index is 13.2. The van der Waals surface area contributed by atoms with Crippen LogP contribution in [0.2, 0.25) is 0 Å². The number of amides is 6. The number of carbonyl (C=O) groups is 6. The first-order valence-electron chi connectivity index (χ1n) is 13.8. The van der Waals surface area contributed by atoms with Crippen LogP contribution in [-0.2, 0) is 30.5 Å². The molecule has 0 aliphatic rings. The van der Waals surface area contributed by atoms with Crippen molar-refractivity contribution in [2.24, 2.45) is 22.2 Å². The molecule has 8 N–H and O–H groups in total. The van der Waals surface area contributed by atoms with Gasteiger partial charge in [0.05, 0.1) is 6.42 Å². The highest BCUT2D eigenvalue weighted by Gasteiger charge is 2.29. The van der Waals surface area contributed by atoms with Crippen molar-refractivity contribution in [1.29, 1.82) is 0 Å². The third kappa shape index (κ3) is 15.3. The van der Waals surface area contributed by atoms with Gasteiger partial charge < -0.3 is 42.2 Å². The van der Waals surface area contributed by atoms with E-state index < -0.39 is 59.9 Å². The Morgan fingerprint density at radius 2 is 1.70 bits per heavy atom. The summed E-state index contributed by atoms with van der Waals surface area (Å²) in [5.41, 5.74) is 13.8. The molecule has 1 rings (SSSR count). The van der Waals surface area contributed by atoms with Crippen molar-refractivity contribution in [2.45, 2.75) is 65.6 Å². The van der Waals surface area contributed by atoms with Gasteiger partial charge in [-0.25, -0.2) is 9.59 Å². The highest BCUT2D eigenvalue weighted by Crippen LogP contribution is 2.19. The molecule has 0 saturated carbocycles. The second-order valence-electron chi connectivity index (χ2n) is 11.0. The zero-order valence-corrected chi connectivity index (χ0v) is 25.2. The molecule has 17 heteroatoms. The smallest absolute Gasteiger partial charge is 0.407 e. The third-order valence-electron chi connectivity index (χ3n) is 6.08. The summed E-state index contributed by atoms with van der Waals surface area (Å²) in [6, 6.07) is 3.59. The normalized spacial score (nSPS) is 12.1. The molecule has 0 bridgehead atoms. The van der Waals surface area contributed by atoms with Crippen LogP contribution in [0.3, 0.4) is 0 Å². The lowest BCUT2D eigenvalue weighted by Gasteiger charge is -2.25. The first-order chi connectivity index (χ1) is 20.6. The van der Waals surface area contributed by atoms with Crippen molar-refractivity contribution < 1.29 is 38.6 Å². The Balaban J connectivity index is 2.84. The number of carbonyl (C=O) groups excluding carboxylic acids is 5. The van der Waals surface area contributed by atoms with E-state index in [9.17, 15) is 28.8 Å². The van der Waals surface area contributed by atoms with Gasteiger partial charge in [-0.3, -0.25) is 19.2 Å². The van der Waals surface area contributed by atoms with Crippen molar-refractivity contribution in [3.05, 3.63) is 40.3 Å². The lowest BCUT2D eigenvalue weighted by molar-refractivity contribution is -0.139. The maximum Gasteiger partial charge on any atom is 0.407 e. The molecule has 0 spiro atoms. The number of nitrogens with two attached hydrogens (primary N) is 1. The average Bonchev–Trinajstić information content (AvgIpc) is 2.93. The van der Waals surface area contributed by atoms with E-state index in [1.54, 1.807) is 52.0 Å². The minimum absolute atomic E-state index is 0.0764. The van der Waals surface area contributed by atoms with Gasteiger partial charge in [-0.2, -0.15) is 0 Å². The molecular weight excluding hydrogens is 578 g/mol. The standard InChI is InChI=1S/C27H41N9O8/c1-16(2)22(35-20(37)13-32-36-29)24(41)34-19(6-5-11-30-25(28)42)23(40)33-18-9-7-17(8-10-18)14-44-26(43)31-15-27(3,4)12-21(38)39/h7-10,16,19,22H,5-6,11-15H2,1-4H3,(H,31,43)(H,33,40)(H,34,41)(H,35,37)(H,38,39)(H3,28,30,42)/t19-,22-/m0/s1. The lowest BCUT2D eigenvalue weighted by atomic mass is 9.89. The highest BCUT2D eigenvalue weighted by molar-refractivity contribution is 5.98. The van der Waals surface area contributed by atoms with Crippen LogP contribution in [0.1, 0.15) is 52.5 Å². The Hall–Kier alpha value is -5.05. The van der Waals surface area contributed by atoms with Crippen molar-refractivity contribution >= 4 is 41.5 Å². The SMILES string of the molecule is CC(C)[C@H](NC(=O)CN=[N+]=[N-])C(=O)N[C@@H](CCCNC(N)=O)C(=O)Nc1ccc(COC(=O)NCC(C)(C)CC(=O)O)cc1. The van der Waals surface area contributed by atoms with Crippen LogP contribution >= 0.6 is 0 Å². The molecule has 0 heterocycles. The summed E-state index contributed by atoms with van der Waals surface area (Å²) in [6.07, 6.45) is -0.412. The fourth-order valence-corrected chi connectivity index (χ4v) is 3.79. The molecule has 0 radical (unpaired) electrons. The zero-order chi connectivity index (χ0) is 33.3. The average molecular weight is 620 g/mol. The lowest BCUT2D eigenvalue weighted by Crippen LogP contribution is -2.55. The number of aliphatic carboxylic acids is 1. The minimum Gasteiger partial charge on any atom is -0.481 e. The fraction of sp³-hybridized carbons (Fsp3) is 0.556. The molecule has 1 aromatic carbocycles. The first kappa shape index (κ1) is 37.0. The zero-order valence-electron chi connectivity index (χ0n) is 25.2. The Morgan fingerprint density at radius 3 is 2.27 bits per heavy atom. The van der Waals surface area contributed by atoms with Gasteiger partial charge in [0.2, 0.25) is 17.7 Å². The maximum absolute atomic E-state index is 13.2. The number of benzene rings is 1. The molecule has 242 valence electrons. The van der Waals surface area contributed by atoms with Crippen molar-refractivity contribution in [1.82, 2.24) is 21.3 Å². The topological polar surface area (TPSA) is 267 Å². The Kier molecular flexibility index (Phi) is 15.5. The number of primary amides is 1. The van der Waals surface area contributed by atoms with Gasteiger partial charge in [-0.1, -0.05) is 44.9 Å². The summed E-state index contributed by atoms with van der Waals surface area (Å²) in [5, 5.41) is 24.9. The number of hydrogen-bond acceptors (Lipinski definition) is 8. The summed E-state index contributed by atoms with van der Waals surface area (Å²) in [5.74, 6) is -3.19. The van der Waals surface area contributed by atoms with Crippen LogP contribution in [0.4, 0.5) is 15.3 Å². The van der Waals surface area contributed by atoms with Gasteiger partial charge in [0.15, 0.2) is 0 Å². The quantitative estimate of drug-likeness (QED) is 0.0549. The van der Waals surface area contributed by atoms with Crippen LogP contribution < -0.4 is 32.3 Å². The largest absolute Gasteiger partial charge is 0.481 e. The Morgan fingerprint density at radius 1 is 1.05 bits per heavy atom. The Labute approximate surface area is 254 Å². The molecule has 1 aromatic rings. The van der Waals surface area contributed by atoms with Crippen molar-refractivity contribution in [3.63, 3.8) is 0 Å². The predicted octanol–water partition coefficient (Wildman–Crippen LogP) is 1.74. The summed E-state index contributed by atoms with van der Waals surface area (Å²) >= 11 is 0. The second kappa shape index (κ2) is 18.5. The Bertz CT molecular complexity index is 1210. The van der Waals surface area contributed by atoms with Gasteiger partial charge in [-0.15, -0.1) is 0 Å². The molecule has 2 atom stereocenters. The second-order valence-corrected chi connectivity index (χ2v) is 11.0.